The molecule has 0 saturated heterocycles. The van der Waals surface area contributed by atoms with Gasteiger partial charge in [0.2, 0.25) is 5.89 Å². The molecule has 1 aromatic rings. The molecule has 2 N–H and O–H groups in total. The Hall–Kier alpha value is -0.910. The van der Waals surface area contributed by atoms with Crippen LogP contribution in [0.25, 0.3) is 0 Å². The van der Waals surface area contributed by atoms with Gasteiger partial charge >= 0.3 is 0 Å². The molecule has 0 atom stereocenters. The van der Waals surface area contributed by atoms with E-state index in [0.717, 1.165) is 5.76 Å². The fraction of sp³-hybridized carbons (Fsp3) is 0.786. The van der Waals surface area contributed by atoms with Crippen LogP contribution in [0.4, 0.5) is 0 Å². The third-order valence-electron chi connectivity index (χ3n) is 3.11. The van der Waals surface area contributed by atoms with Gasteiger partial charge in [0, 0.05) is 17.4 Å². The van der Waals surface area contributed by atoms with Crippen molar-refractivity contribution in [2.45, 2.75) is 39.7 Å². The van der Waals surface area contributed by atoms with Crippen molar-refractivity contribution in [3.63, 3.8) is 0 Å². The predicted octanol–water partition coefficient (Wildman–Crippen LogP) is 1.39. The van der Waals surface area contributed by atoms with Crippen molar-refractivity contribution in [2.24, 2.45) is 5.41 Å². The van der Waals surface area contributed by atoms with Crippen molar-refractivity contribution in [3.05, 3.63) is 17.8 Å². The zero-order chi connectivity index (χ0) is 14.7. The Bertz CT molecular complexity index is 392. The fourth-order valence-corrected chi connectivity index (χ4v) is 1.82. The summed E-state index contributed by atoms with van der Waals surface area (Å²) >= 11 is 0. The number of oxazole rings is 1. The van der Waals surface area contributed by atoms with Crippen LogP contribution in [0.2, 0.25) is 0 Å². The van der Waals surface area contributed by atoms with Gasteiger partial charge in [0.05, 0.1) is 26.0 Å². The molecule has 0 aliphatic rings. The van der Waals surface area contributed by atoms with E-state index in [9.17, 15) is 10.2 Å². The van der Waals surface area contributed by atoms with Crippen LogP contribution < -0.4 is 0 Å². The average molecular weight is 270 g/mol. The van der Waals surface area contributed by atoms with Gasteiger partial charge in [-0.15, -0.1) is 0 Å². The molecule has 0 saturated carbocycles. The van der Waals surface area contributed by atoms with E-state index in [1.807, 2.05) is 18.9 Å². The van der Waals surface area contributed by atoms with E-state index < -0.39 is 5.41 Å². The lowest BCUT2D eigenvalue weighted by Gasteiger charge is -2.29. The molecule has 0 bridgehead atoms. The first-order chi connectivity index (χ1) is 8.70. The minimum Gasteiger partial charge on any atom is -0.444 e. The minimum absolute atomic E-state index is 0.0471. The largest absolute Gasteiger partial charge is 0.444 e. The third-order valence-corrected chi connectivity index (χ3v) is 3.11. The first-order valence-corrected chi connectivity index (χ1v) is 6.56. The van der Waals surface area contributed by atoms with E-state index in [1.54, 1.807) is 6.20 Å². The first-order valence-electron chi connectivity index (χ1n) is 6.56. The molecular formula is C14H26N2O3. The number of nitrogens with zero attached hydrogens (tertiary/aromatic N) is 2. The number of hydrogen-bond acceptors (Lipinski definition) is 5. The van der Waals surface area contributed by atoms with E-state index >= 15 is 0 Å². The smallest absolute Gasteiger partial charge is 0.208 e. The van der Waals surface area contributed by atoms with Gasteiger partial charge in [-0.2, -0.15) is 0 Å². The molecule has 0 unspecified atom stereocenters. The second-order valence-corrected chi connectivity index (χ2v) is 6.67. The summed E-state index contributed by atoms with van der Waals surface area (Å²) in [6, 6.07) is 0. The highest BCUT2D eigenvalue weighted by Gasteiger charge is 2.25. The number of rotatable bonds is 6. The molecule has 0 spiro atoms. The first kappa shape index (κ1) is 16.1. The maximum atomic E-state index is 9.29. The minimum atomic E-state index is -0.506. The van der Waals surface area contributed by atoms with Gasteiger partial charge in [0.25, 0.3) is 0 Å². The standard InChI is InChI=1S/C14H26N2O3/c1-13(2,3)11-6-15-12(19-11)7-16(5)8-14(4,9-17)10-18/h6,17-18H,7-10H2,1-5H3. The normalized spacial score (nSPS) is 13.3. The van der Waals surface area contributed by atoms with E-state index in [2.05, 4.69) is 25.8 Å². The molecule has 0 aliphatic carbocycles. The van der Waals surface area contributed by atoms with Gasteiger partial charge < -0.3 is 14.6 Å². The number of aliphatic hydroxyl groups excluding tert-OH is 2. The molecule has 0 amide bonds. The highest BCUT2D eigenvalue weighted by molar-refractivity contribution is 5.05. The highest BCUT2D eigenvalue weighted by atomic mass is 16.4. The van der Waals surface area contributed by atoms with Crippen LogP contribution in [0.1, 0.15) is 39.3 Å². The van der Waals surface area contributed by atoms with Crippen molar-refractivity contribution in [3.8, 4) is 0 Å². The second kappa shape index (κ2) is 6.03. The summed E-state index contributed by atoms with van der Waals surface area (Å²) in [5.74, 6) is 1.52. The Kier molecular flexibility index (Phi) is 5.12. The molecule has 5 nitrogen and oxygen atoms in total. The summed E-state index contributed by atoms with van der Waals surface area (Å²) in [4.78, 5) is 6.26. The summed E-state index contributed by atoms with van der Waals surface area (Å²) < 4.78 is 5.72. The molecule has 0 aromatic carbocycles. The molecule has 0 radical (unpaired) electrons. The van der Waals surface area contributed by atoms with Crippen molar-refractivity contribution >= 4 is 0 Å². The maximum absolute atomic E-state index is 9.29. The number of aliphatic hydroxyl groups is 2. The van der Waals surface area contributed by atoms with Crippen molar-refractivity contribution in [2.75, 3.05) is 26.8 Å². The topological polar surface area (TPSA) is 69.7 Å². The van der Waals surface area contributed by atoms with Gasteiger partial charge in [-0.05, 0) is 7.05 Å². The second-order valence-electron chi connectivity index (χ2n) is 6.67. The summed E-state index contributed by atoms with van der Waals surface area (Å²) in [7, 11) is 1.92. The third kappa shape index (κ3) is 4.60. The van der Waals surface area contributed by atoms with Gasteiger partial charge in [0.15, 0.2) is 0 Å². The molecule has 19 heavy (non-hydrogen) atoms. The maximum Gasteiger partial charge on any atom is 0.208 e. The molecule has 1 rings (SSSR count). The van der Waals surface area contributed by atoms with Crippen LogP contribution in [-0.2, 0) is 12.0 Å². The Morgan fingerprint density at radius 1 is 1.21 bits per heavy atom. The molecule has 1 heterocycles. The molecule has 1 aromatic heterocycles. The average Bonchev–Trinajstić information content (AvgIpc) is 2.76. The van der Waals surface area contributed by atoms with Crippen LogP contribution in [0.3, 0.4) is 0 Å². The zero-order valence-corrected chi connectivity index (χ0v) is 12.6. The lowest BCUT2D eigenvalue weighted by atomic mass is 9.92. The number of aromatic nitrogens is 1. The SMILES string of the molecule is CN(Cc1ncc(C(C)(C)C)o1)CC(C)(CO)CO. The predicted molar refractivity (Wildman–Crippen MR) is 73.8 cm³/mol. The van der Waals surface area contributed by atoms with Gasteiger partial charge in [-0.25, -0.2) is 4.98 Å². The lowest BCUT2D eigenvalue weighted by molar-refractivity contribution is 0.0381. The van der Waals surface area contributed by atoms with E-state index in [4.69, 9.17) is 4.42 Å². The fourth-order valence-electron chi connectivity index (χ4n) is 1.82. The highest BCUT2D eigenvalue weighted by Crippen LogP contribution is 2.23. The quantitative estimate of drug-likeness (QED) is 0.817. The number of hydrogen-bond donors (Lipinski definition) is 2. The summed E-state index contributed by atoms with van der Waals surface area (Å²) in [6.07, 6.45) is 1.76. The van der Waals surface area contributed by atoms with Crippen LogP contribution in [0.15, 0.2) is 10.6 Å². The van der Waals surface area contributed by atoms with Gasteiger partial charge in [0.1, 0.15) is 5.76 Å². The molecular weight excluding hydrogens is 244 g/mol. The van der Waals surface area contributed by atoms with Crippen molar-refractivity contribution in [1.29, 1.82) is 0 Å². The molecule has 0 aliphatic heterocycles. The Labute approximate surface area is 115 Å². The lowest BCUT2D eigenvalue weighted by Crippen LogP contribution is -2.38. The van der Waals surface area contributed by atoms with Crippen LogP contribution in [0.5, 0.6) is 0 Å². The van der Waals surface area contributed by atoms with E-state index in [1.165, 1.54) is 0 Å². The van der Waals surface area contributed by atoms with Crippen LogP contribution in [-0.4, -0.2) is 46.9 Å². The van der Waals surface area contributed by atoms with Crippen LogP contribution >= 0.6 is 0 Å². The van der Waals surface area contributed by atoms with Gasteiger partial charge in [-0.3, -0.25) is 4.90 Å². The van der Waals surface area contributed by atoms with Crippen molar-refractivity contribution < 1.29 is 14.6 Å². The zero-order valence-electron chi connectivity index (χ0n) is 12.6. The summed E-state index contributed by atoms with van der Waals surface area (Å²) in [5, 5.41) is 18.6. The summed E-state index contributed by atoms with van der Waals surface area (Å²) in [6.45, 7) is 9.12. The molecule has 5 heteroatoms. The monoisotopic (exact) mass is 270 g/mol. The summed E-state index contributed by atoms with van der Waals surface area (Å²) in [5.41, 5.74) is -0.553. The van der Waals surface area contributed by atoms with Gasteiger partial charge in [-0.1, -0.05) is 27.7 Å². The van der Waals surface area contributed by atoms with Crippen LogP contribution in [0, 0.1) is 5.41 Å². The Morgan fingerprint density at radius 2 is 1.79 bits per heavy atom. The Morgan fingerprint density at radius 3 is 2.21 bits per heavy atom. The van der Waals surface area contributed by atoms with E-state index in [-0.39, 0.29) is 18.6 Å². The molecule has 0 fully saturated rings. The molecule has 110 valence electrons. The Balaban J connectivity index is 2.62. The van der Waals surface area contributed by atoms with E-state index in [0.29, 0.717) is 19.0 Å². The van der Waals surface area contributed by atoms with Crippen molar-refractivity contribution in [1.82, 2.24) is 9.88 Å².